The molecule has 1 atom stereocenters. The molecule has 0 bridgehead atoms. The molecule has 0 saturated carbocycles. The molecule has 0 N–H and O–H groups in total. The van der Waals surface area contributed by atoms with Gasteiger partial charge in [-0.2, -0.15) is 9.78 Å². The minimum atomic E-state index is 0.160. The summed E-state index contributed by atoms with van der Waals surface area (Å²) in [6.07, 6.45) is 0. The van der Waals surface area contributed by atoms with E-state index in [1.165, 1.54) is 0 Å². The van der Waals surface area contributed by atoms with Gasteiger partial charge in [-0.15, -0.1) is 10.2 Å². The predicted octanol–water partition coefficient (Wildman–Crippen LogP) is 4.35. The van der Waals surface area contributed by atoms with Crippen molar-refractivity contribution in [3.05, 3.63) is 59.1 Å². The van der Waals surface area contributed by atoms with Crippen molar-refractivity contribution < 1.29 is 4.74 Å². The van der Waals surface area contributed by atoms with Gasteiger partial charge in [-0.25, -0.2) is 0 Å². The molecule has 0 unspecified atom stereocenters. The number of halogens is 1. The quantitative estimate of drug-likeness (QED) is 0.687. The van der Waals surface area contributed by atoms with Crippen molar-refractivity contribution in [1.82, 2.24) is 14.9 Å². The van der Waals surface area contributed by atoms with Crippen molar-refractivity contribution in [2.24, 2.45) is 5.10 Å². The van der Waals surface area contributed by atoms with Gasteiger partial charge in [-0.1, -0.05) is 47.6 Å². The van der Waals surface area contributed by atoms with Crippen LogP contribution < -0.4 is 4.74 Å². The van der Waals surface area contributed by atoms with Gasteiger partial charge in [0.1, 0.15) is 5.75 Å². The van der Waals surface area contributed by atoms with E-state index in [2.05, 4.69) is 17.1 Å². The molecule has 1 aliphatic rings. The molecule has 5 nitrogen and oxygen atoms in total. The van der Waals surface area contributed by atoms with Gasteiger partial charge < -0.3 is 4.74 Å². The molecule has 0 fully saturated rings. The van der Waals surface area contributed by atoms with E-state index >= 15 is 0 Å². The Balaban J connectivity index is 1.83. The lowest BCUT2D eigenvalue weighted by Gasteiger charge is -2.20. The Bertz CT molecular complexity index is 969. The Hall–Kier alpha value is -2.31. The van der Waals surface area contributed by atoms with Crippen LogP contribution in [0.1, 0.15) is 12.5 Å². The summed E-state index contributed by atoms with van der Waals surface area (Å²) in [5.74, 6) is 1.46. The van der Waals surface area contributed by atoms with Gasteiger partial charge in [-0.3, -0.25) is 0 Å². The summed E-state index contributed by atoms with van der Waals surface area (Å²) in [6.45, 7) is 2.10. The molecular weight excluding hydrogens is 356 g/mol. The van der Waals surface area contributed by atoms with E-state index in [1.54, 1.807) is 23.5 Å². The van der Waals surface area contributed by atoms with Gasteiger partial charge >= 0.3 is 0 Å². The maximum atomic E-state index is 6.14. The zero-order chi connectivity index (χ0) is 17.4. The maximum absolute atomic E-state index is 6.14. The molecule has 4 rings (SSSR count). The van der Waals surface area contributed by atoms with Crippen LogP contribution >= 0.6 is 23.4 Å². The van der Waals surface area contributed by atoms with Gasteiger partial charge in [0.05, 0.1) is 18.1 Å². The van der Waals surface area contributed by atoms with Gasteiger partial charge in [-0.05, 0) is 31.2 Å². The van der Waals surface area contributed by atoms with E-state index in [4.69, 9.17) is 21.4 Å². The third-order valence-corrected chi connectivity index (χ3v) is 5.21. The molecule has 126 valence electrons. The molecule has 25 heavy (non-hydrogen) atoms. The van der Waals surface area contributed by atoms with E-state index < -0.39 is 0 Å². The lowest BCUT2D eigenvalue weighted by molar-refractivity contribution is 0.415. The van der Waals surface area contributed by atoms with Crippen LogP contribution in [0.15, 0.2) is 58.8 Å². The van der Waals surface area contributed by atoms with Crippen LogP contribution in [-0.4, -0.2) is 32.9 Å². The van der Waals surface area contributed by atoms with Crippen molar-refractivity contribution in [1.29, 1.82) is 0 Å². The number of methoxy groups -OCH3 is 1. The van der Waals surface area contributed by atoms with Crippen LogP contribution in [0, 0.1) is 0 Å². The lowest BCUT2D eigenvalue weighted by atomic mass is 10.1. The molecular formula is C18H15ClN4OS. The molecule has 2 aromatic carbocycles. The number of aromatic nitrogens is 3. The smallest absolute Gasteiger partial charge is 0.213 e. The molecule has 0 radical (unpaired) electrons. The Morgan fingerprint density at radius 2 is 1.88 bits per heavy atom. The lowest BCUT2D eigenvalue weighted by Crippen LogP contribution is -2.21. The summed E-state index contributed by atoms with van der Waals surface area (Å²) in [7, 11) is 1.64. The number of fused-ring (bicyclic) bond motifs is 1. The van der Waals surface area contributed by atoms with E-state index in [9.17, 15) is 0 Å². The number of nitrogens with zero attached hydrogens (tertiary/aromatic N) is 4. The van der Waals surface area contributed by atoms with Crippen LogP contribution in [0.3, 0.4) is 0 Å². The molecule has 0 saturated heterocycles. The molecule has 7 heteroatoms. The number of thioether (sulfide) groups is 1. The number of rotatable bonds is 3. The second kappa shape index (κ2) is 6.54. The fourth-order valence-electron chi connectivity index (χ4n) is 2.71. The van der Waals surface area contributed by atoms with Crippen molar-refractivity contribution in [3.63, 3.8) is 0 Å². The summed E-state index contributed by atoms with van der Waals surface area (Å²) >= 11 is 7.77. The van der Waals surface area contributed by atoms with Crippen molar-refractivity contribution in [3.8, 4) is 17.1 Å². The SMILES string of the molecule is COc1cccc(-c2nnc3n2N=C(c2cccc(Cl)c2)[C@H](C)S3)c1. The summed E-state index contributed by atoms with van der Waals surface area (Å²) < 4.78 is 7.09. The minimum Gasteiger partial charge on any atom is -0.497 e. The number of hydrogen-bond acceptors (Lipinski definition) is 5. The largest absolute Gasteiger partial charge is 0.497 e. The van der Waals surface area contributed by atoms with Gasteiger partial charge in [0.25, 0.3) is 0 Å². The van der Waals surface area contributed by atoms with E-state index in [0.29, 0.717) is 10.8 Å². The van der Waals surface area contributed by atoms with Crippen LogP contribution in [0.25, 0.3) is 11.4 Å². The predicted molar refractivity (Wildman–Crippen MR) is 101 cm³/mol. The normalized spacial score (nSPS) is 16.3. The van der Waals surface area contributed by atoms with Gasteiger partial charge in [0.15, 0.2) is 5.82 Å². The monoisotopic (exact) mass is 370 g/mol. The first-order chi connectivity index (χ1) is 12.2. The van der Waals surface area contributed by atoms with Crippen LogP contribution in [-0.2, 0) is 0 Å². The zero-order valence-electron chi connectivity index (χ0n) is 13.7. The van der Waals surface area contributed by atoms with Crippen LogP contribution in [0.4, 0.5) is 0 Å². The first kappa shape index (κ1) is 16.2. The first-order valence-corrected chi connectivity index (χ1v) is 9.03. The highest BCUT2D eigenvalue weighted by atomic mass is 35.5. The number of benzene rings is 2. The summed E-state index contributed by atoms with van der Waals surface area (Å²) in [4.78, 5) is 0. The van der Waals surface area contributed by atoms with Crippen LogP contribution in [0.2, 0.25) is 5.02 Å². The van der Waals surface area contributed by atoms with Crippen molar-refractivity contribution in [2.75, 3.05) is 7.11 Å². The average molecular weight is 371 g/mol. The highest BCUT2D eigenvalue weighted by Gasteiger charge is 2.26. The van der Waals surface area contributed by atoms with Crippen molar-refractivity contribution in [2.45, 2.75) is 17.3 Å². The average Bonchev–Trinajstić information content (AvgIpc) is 3.03. The fourth-order valence-corrected chi connectivity index (χ4v) is 3.83. The van der Waals surface area contributed by atoms with Gasteiger partial charge in [0.2, 0.25) is 5.16 Å². The Morgan fingerprint density at radius 1 is 1.08 bits per heavy atom. The molecule has 2 heterocycles. The highest BCUT2D eigenvalue weighted by Crippen LogP contribution is 2.33. The maximum Gasteiger partial charge on any atom is 0.213 e. The summed E-state index contributed by atoms with van der Waals surface area (Å²) in [5.41, 5.74) is 2.86. The second-order valence-electron chi connectivity index (χ2n) is 5.61. The first-order valence-electron chi connectivity index (χ1n) is 7.77. The Morgan fingerprint density at radius 3 is 2.68 bits per heavy atom. The third-order valence-electron chi connectivity index (χ3n) is 3.94. The minimum absolute atomic E-state index is 0.160. The standard InChI is InChI=1S/C18H15ClN4OS/c1-11-16(12-5-3-7-14(19)9-12)22-23-17(20-21-18(23)25-11)13-6-4-8-15(10-13)24-2/h3-11H,1-2H3/t11-/m0/s1. The van der Waals surface area contributed by atoms with E-state index in [0.717, 1.165) is 27.7 Å². The molecule has 0 amide bonds. The zero-order valence-corrected chi connectivity index (χ0v) is 15.3. The topological polar surface area (TPSA) is 52.3 Å². The second-order valence-corrected chi connectivity index (χ2v) is 7.35. The molecule has 3 aromatic rings. The number of ether oxygens (including phenoxy) is 1. The van der Waals surface area contributed by atoms with E-state index in [1.807, 2.05) is 48.5 Å². The third kappa shape index (κ3) is 3.03. The summed E-state index contributed by atoms with van der Waals surface area (Å²) in [6, 6.07) is 15.5. The molecule has 1 aromatic heterocycles. The Labute approximate surface area is 154 Å². The van der Waals surface area contributed by atoms with Crippen molar-refractivity contribution >= 4 is 29.1 Å². The van der Waals surface area contributed by atoms with E-state index in [-0.39, 0.29) is 5.25 Å². The molecule has 1 aliphatic heterocycles. The molecule has 0 aliphatic carbocycles. The highest BCUT2D eigenvalue weighted by molar-refractivity contribution is 8.00. The number of hydrogen-bond donors (Lipinski definition) is 0. The molecule has 0 spiro atoms. The summed E-state index contributed by atoms with van der Waals surface area (Å²) in [5, 5.41) is 15.1. The van der Waals surface area contributed by atoms with Crippen LogP contribution in [0.5, 0.6) is 5.75 Å². The fraction of sp³-hybridized carbons (Fsp3) is 0.167. The van der Waals surface area contributed by atoms with Gasteiger partial charge in [0, 0.05) is 16.1 Å². The Kier molecular flexibility index (Phi) is 4.23.